The lowest BCUT2D eigenvalue weighted by Gasteiger charge is -2.13. The largest absolute Gasteiger partial charge is 0.497 e. The van der Waals surface area contributed by atoms with Gasteiger partial charge in [0.2, 0.25) is 11.7 Å². The third-order valence-corrected chi connectivity index (χ3v) is 5.86. The Bertz CT molecular complexity index is 1400. The second-order valence-electron chi connectivity index (χ2n) is 8.71. The average molecular weight is 473 g/mol. The molecule has 0 spiro atoms. The SMILES string of the molecule is COc1ccc(-c2noc(-c3c(C)cc(C)n(CC(=O)Nc4ccc(C(C)C)cc4)c3=O)n2)cc1. The monoisotopic (exact) mass is 472 g/mol. The van der Waals surface area contributed by atoms with Crippen LogP contribution >= 0.6 is 0 Å². The average Bonchev–Trinajstić information content (AvgIpc) is 3.31. The van der Waals surface area contributed by atoms with Crippen molar-refractivity contribution in [3.05, 3.63) is 81.8 Å². The van der Waals surface area contributed by atoms with Crippen LogP contribution in [0.1, 0.15) is 36.6 Å². The number of aromatic nitrogens is 3. The lowest BCUT2D eigenvalue weighted by Crippen LogP contribution is -2.30. The molecule has 0 atom stereocenters. The Balaban J connectivity index is 1.59. The van der Waals surface area contributed by atoms with E-state index in [2.05, 4.69) is 29.3 Å². The fraction of sp³-hybridized carbons (Fsp3) is 0.259. The molecule has 0 fully saturated rings. The molecule has 8 nitrogen and oxygen atoms in total. The van der Waals surface area contributed by atoms with Gasteiger partial charge in [0, 0.05) is 16.9 Å². The number of anilines is 1. The Kier molecular flexibility index (Phi) is 6.82. The second kappa shape index (κ2) is 9.97. The van der Waals surface area contributed by atoms with Gasteiger partial charge in [0.1, 0.15) is 17.9 Å². The highest BCUT2D eigenvalue weighted by Crippen LogP contribution is 2.24. The van der Waals surface area contributed by atoms with Gasteiger partial charge in [-0.05, 0) is 73.4 Å². The summed E-state index contributed by atoms with van der Waals surface area (Å²) in [6.07, 6.45) is 0. The van der Waals surface area contributed by atoms with E-state index >= 15 is 0 Å². The number of carbonyl (C=O) groups excluding carboxylic acids is 1. The Morgan fingerprint density at radius 2 is 1.77 bits per heavy atom. The predicted octanol–water partition coefficient (Wildman–Crippen LogP) is 4.95. The molecule has 2 aromatic heterocycles. The molecular weight excluding hydrogens is 444 g/mol. The van der Waals surface area contributed by atoms with E-state index in [0.29, 0.717) is 34.4 Å². The number of benzene rings is 2. The standard InChI is InChI=1S/C27H28N4O4/c1-16(2)19-6-10-21(11-7-19)28-23(32)15-31-18(4)14-17(3)24(27(31)33)26-29-25(30-35-26)20-8-12-22(34-5)13-9-20/h6-14,16H,15H2,1-5H3,(H,28,32). The fourth-order valence-electron chi connectivity index (χ4n) is 3.86. The Morgan fingerprint density at radius 1 is 1.09 bits per heavy atom. The molecular formula is C27H28N4O4. The van der Waals surface area contributed by atoms with Crippen LogP contribution in [0.2, 0.25) is 0 Å². The van der Waals surface area contributed by atoms with Gasteiger partial charge >= 0.3 is 0 Å². The fourth-order valence-corrected chi connectivity index (χ4v) is 3.86. The summed E-state index contributed by atoms with van der Waals surface area (Å²) in [5.41, 5.74) is 3.86. The molecule has 4 aromatic rings. The molecule has 35 heavy (non-hydrogen) atoms. The molecule has 2 heterocycles. The first-order valence-corrected chi connectivity index (χ1v) is 11.4. The van der Waals surface area contributed by atoms with Crippen LogP contribution in [-0.4, -0.2) is 27.7 Å². The number of pyridine rings is 1. The first kappa shape index (κ1) is 23.9. The van der Waals surface area contributed by atoms with Crippen LogP contribution in [-0.2, 0) is 11.3 Å². The summed E-state index contributed by atoms with van der Waals surface area (Å²) in [4.78, 5) is 30.6. The van der Waals surface area contributed by atoms with Crippen molar-refractivity contribution in [1.82, 2.24) is 14.7 Å². The van der Waals surface area contributed by atoms with Crippen molar-refractivity contribution >= 4 is 11.6 Å². The molecule has 0 aliphatic rings. The summed E-state index contributed by atoms with van der Waals surface area (Å²) in [5.74, 6) is 1.28. The van der Waals surface area contributed by atoms with Gasteiger partial charge in [0.05, 0.1) is 7.11 Å². The van der Waals surface area contributed by atoms with Crippen molar-refractivity contribution in [2.45, 2.75) is 40.2 Å². The topological polar surface area (TPSA) is 99.3 Å². The first-order chi connectivity index (χ1) is 16.8. The van der Waals surface area contributed by atoms with Crippen LogP contribution < -0.4 is 15.6 Å². The highest BCUT2D eigenvalue weighted by Gasteiger charge is 2.20. The van der Waals surface area contributed by atoms with E-state index < -0.39 is 0 Å². The Hall–Kier alpha value is -4.20. The van der Waals surface area contributed by atoms with E-state index in [4.69, 9.17) is 9.26 Å². The summed E-state index contributed by atoms with van der Waals surface area (Å²) < 4.78 is 12.0. The maximum absolute atomic E-state index is 13.4. The zero-order chi connectivity index (χ0) is 25.1. The summed E-state index contributed by atoms with van der Waals surface area (Å²) >= 11 is 0. The molecule has 0 bridgehead atoms. The van der Waals surface area contributed by atoms with E-state index in [1.165, 1.54) is 10.1 Å². The summed E-state index contributed by atoms with van der Waals surface area (Å²) in [6, 6.07) is 16.7. The molecule has 180 valence electrons. The predicted molar refractivity (Wildman–Crippen MR) is 135 cm³/mol. The van der Waals surface area contributed by atoms with Crippen LogP contribution in [0.25, 0.3) is 22.8 Å². The van der Waals surface area contributed by atoms with Crippen molar-refractivity contribution in [1.29, 1.82) is 0 Å². The number of methoxy groups -OCH3 is 1. The second-order valence-corrected chi connectivity index (χ2v) is 8.71. The van der Waals surface area contributed by atoms with Crippen LogP contribution in [0.5, 0.6) is 5.75 Å². The molecule has 4 rings (SSSR count). The quantitative estimate of drug-likeness (QED) is 0.408. The smallest absolute Gasteiger partial charge is 0.264 e. The number of hydrogen-bond donors (Lipinski definition) is 1. The molecule has 8 heteroatoms. The van der Waals surface area contributed by atoms with Crippen LogP contribution in [0.15, 0.2) is 63.9 Å². The van der Waals surface area contributed by atoms with E-state index in [0.717, 1.165) is 5.56 Å². The number of amides is 1. The number of nitrogens with one attached hydrogen (secondary N) is 1. The van der Waals surface area contributed by atoms with Crippen molar-refractivity contribution < 1.29 is 14.1 Å². The van der Waals surface area contributed by atoms with Gasteiger partial charge in [-0.2, -0.15) is 4.98 Å². The van der Waals surface area contributed by atoms with E-state index in [9.17, 15) is 9.59 Å². The number of rotatable bonds is 7. The number of ether oxygens (including phenoxy) is 1. The normalized spacial score (nSPS) is 11.0. The molecule has 0 unspecified atom stereocenters. The van der Waals surface area contributed by atoms with Crippen LogP contribution in [0.3, 0.4) is 0 Å². The lowest BCUT2D eigenvalue weighted by molar-refractivity contribution is -0.116. The number of nitrogens with zero attached hydrogens (tertiary/aromatic N) is 3. The van der Waals surface area contributed by atoms with Gasteiger partial charge in [-0.1, -0.05) is 31.1 Å². The van der Waals surface area contributed by atoms with Crippen molar-refractivity contribution in [2.75, 3.05) is 12.4 Å². The number of hydrogen-bond acceptors (Lipinski definition) is 6. The minimum absolute atomic E-state index is 0.108. The van der Waals surface area contributed by atoms with E-state index in [1.54, 1.807) is 26.2 Å². The highest BCUT2D eigenvalue weighted by molar-refractivity contribution is 5.90. The lowest BCUT2D eigenvalue weighted by atomic mass is 10.0. The van der Waals surface area contributed by atoms with Crippen molar-refractivity contribution in [3.63, 3.8) is 0 Å². The van der Waals surface area contributed by atoms with Crippen LogP contribution in [0.4, 0.5) is 5.69 Å². The van der Waals surface area contributed by atoms with Gasteiger partial charge in [-0.3, -0.25) is 9.59 Å². The first-order valence-electron chi connectivity index (χ1n) is 11.4. The Morgan fingerprint density at radius 3 is 2.40 bits per heavy atom. The minimum Gasteiger partial charge on any atom is -0.497 e. The molecule has 0 saturated heterocycles. The highest BCUT2D eigenvalue weighted by atomic mass is 16.5. The maximum atomic E-state index is 13.4. The molecule has 1 amide bonds. The van der Waals surface area contributed by atoms with Crippen molar-refractivity contribution in [3.8, 4) is 28.6 Å². The molecule has 0 radical (unpaired) electrons. The Labute approximate surface area is 203 Å². The van der Waals surface area contributed by atoms with Crippen LogP contribution in [0, 0.1) is 13.8 Å². The minimum atomic E-state index is -0.363. The zero-order valence-electron chi connectivity index (χ0n) is 20.5. The van der Waals surface area contributed by atoms with Gasteiger partial charge in [0.15, 0.2) is 0 Å². The van der Waals surface area contributed by atoms with Gasteiger partial charge in [-0.15, -0.1) is 0 Å². The van der Waals surface area contributed by atoms with Gasteiger partial charge in [-0.25, -0.2) is 0 Å². The molecule has 0 aliphatic carbocycles. The third-order valence-electron chi connectivity index (χ3n) is 5.86. The zero-order valence-corrected chi connectivity index (χ0v) is 20.5. The van der Waals surface area contributed by atoms with E-state index in [-0.39, 0.29) is 29.5 Å². The van der Waals surface area contributed by atoms with Gasteiger partial charge < -0.3 is 19.1 Å². The summed E-state index contributed by atoms with van der Waals surface area (Å²) in [6.45, 7) is 7.69. The maximum Gasteiger partial charge on any atom is 0.264 e. The number of aryl methyl sites for hydroxylation is 2. The van der Waals surface area contributed by atoms with Gasteiger partial charge in [0.25, 0.3) is 11.4 Å². The number of carbonyl (C=O) groups is 1. The summed E-state index contributed by atoms with van der Waals surface area (Å²) in [5, 5.41) is 6.89. The van der Waals surface area contributed by atoms with E-state index in [1.807, 2.05) is 49.4 Å². The molecule has 0 saturated carbocycles. The molecule has 1 N–H and O–H groups in total. The third kappa shape index (κ3) is 5.16. The molecule has 2 aromatic carbocycles. The molecule has 0 aliphatic heterocycles. The van der Waals surface area contributed by atoms with Crippen molar-refractivity contribution in [2.24, 2.45) is 0 Å². The summed E-state index contributed by atoms with van der Waals surface area (Å²) in [7, 11) is 1.59.